The topological polar surface area (TPSA) is 100 Å². The van der Waals surface area contributed by atoms with Crippen molar-refractivity contribution >= 4 is 40.3 Å². The lowest BCUT2D eigenvalue weighted by atomic mass is 10.2. The molecule has 3 amide bonds. The highest BCUT2D eigenvalue weighted by atomic mass is 32.2. The van der Waals surface area contributed by atoms with Crippen LogP contribution in [0.2, 0.25) is 0 Å². The number of thioether (sulfide) groups is 1. The highest BCUT2D eigenvalue weighted by molar-refractivity contribution is 8.14. The maximum absolute atomic E-state index is 12.0. The van der Waals surface area contributed by atoms with Crippen LogP contribution in [0.3, 0.4) is 0 Å². The van der Waals surface area contributed by atoms with Crippen molar-refractivity contribution in [2.75, 3.05) is 16.4 Å². The Balaban J connectivity index is 1.58. The first kappa shape index (κ1) is 16.0. The zero-order valence-corrected chi connectivity index (χ0v) is 13.3. The van der Waals surface area contributed by atoms with Gasteiger partial charge in [-0.1, -0.05) is 30.0 Å². The number of nitrogens with zero attached hydrogens (tertiary/aromatic N) is 1. The number of carbonyl (C=O) groups is 3. The largest absolute Gasteiger partial charge is 0.334 e. The lowest BCUT2D eigenvalue weighted by Crippen LogP contribution is -2.38. The summed E-state index contributed by atoms with van der Waals surface area (Å²) < 4.78 is 0. The summed E-state index contributed by atoms with van der Waals surface area (Å²) in [6.07, 6.45) is 1.45. The van der Waals surface area contributed by atoms with E-state index < -0.39 is 6.04 Å². The molecule has 122 valence electrons. The van der Waals surface area contributed by atoms with Crippen LogP contribution in [0.15, 0.2) is 48.7 Å². The molecule has 1 saturated heterocycles. The SMILES string of the molecule is O=C1NC(C(=O)Nc2ccc(NC(=O)c3ccccc3)nc2)CS1. The first-order chi connectivity index (χ1) is 11.6. The minimum Gasteiger partial charge on any atom is -0.334 e. The fourth-order valence-electron chi connectivity index (χ4n) is 2.07. The Hall–Kier alpha value is -2.87. The van der Waals surface area contributed by atoms with Gasteiger partial charge in [-0.15, -0.1) is 0 Å². The maximum atomic E-state index is 12.0. The molecular formula is C16H14N4O3S. The van der Waals surface area contributed by atoms with Crippen LogP contribution in [0.1, 0.15) is 10.4 Å². The van der Waals surface area contributed by atoms with Crippen molar-refractivity contribution in [1.82, 2.24) is 10.3 Å². The van der Waals surface area contributed by atoms with Crippen molar-refractivity contribution < 1.29 is 14.4 Å². The van der Waals surface area contributed by atoms with E-state index in [1.807, 2.05) is 6.07 Å². The molecule has 1 fully saturated rings. The van der Waals surface area contributed by atoms with Crippen LogP contribution in [-0.2, 0) is 4.79 Å². The molecule has 1 unspecified atom stereocenters. The van der Waals surface area contributed by atoms with Gasteiger partial charge < -0.3 is 16.0 Å². The van der Waals surface area contributed by atoms with Crippen molar-refractivity contribution in [2.24, 2.45) is 0 Å². The van der Waals surface area contributed by atoms with Crippen LogP contribution >= 0.6 is 11.8 Å². The second-order valence-corrected chi connectivity index (χ2v) is 6.03. The minimum atomic E-state index is -0.542. The molecule has 1 aliphatic rings. The summed E-state index contributed by atoms with van der Waals surface area (Å²) in [4.78, 5) is 39.2. The summed E-state index contributed by atoms with van der Waals surface area (Å²) in [6, 6.07) is 11.5. The molecule has 0 aliphatic carbocycles. The van der Waals surface area contributed by atoms with Crippen molar-refractivity contribution in [2.45, 2.75) is 6.04 Å². The number of pyridine rings is 1. The van der Waals surface area contributed by atoms with E-state index in [0.717, 1.165) is 11.8 Å². The summed E-state index contributed by atoms with van der Waals surface area (Å²) in [7, 11) is 0. The summed E-state index contributed by atoms with van der Waals surface area (Å²) in [6.45, 7) is 0. The average Bonchev–Trinajstić information content (AvgIpc) is 3.04. The monoisotopic (exact) mass is 342 g/mol. The number of hydrogen-bond acceptors (Lipinski definition) is 5. The van der Waals surface area contributed by atoms with Crippen LogP contribution < -0.4 is 16.0 Å². The standard InChI is InChI=1S/C16H14N4O3S/c21-14(10-4-2-1-3-5-10)20-13-7-6-11(8-17-13)18-15(22)12-9-24-16(23)19-12/h1-8,12H,9H2,(H,18,22)(H,19,23)(H,17,20,21). The Morgan fingerprint density at radius 2 is 1.92 bits per heavy atom. The van der Waals surface area contributed by atoms with Gasteiger partial charge in [-0.05, 0) is 24.3 Å². The number of rotatable bonds is 4. The molecule has 24 heavy (non-hydrogen) atoms. The summed E-state index contributed by atoms with van der Waals surface area (Å²) in [5, 5.41) is 7.71. The van der Waals surface area contributed by atoms with Crippen molar-refractivity contribution in [3.05, 3.63) is 54.2 Å². The Labute approximate surface area is 142 Å². The fraction of sp³-hybridized carbons (Fsp3) is 0.125. The van der Waals surface area contributed by atoms with E-state index in [-0.39, 0.29) is 17.1 Å². The molecule has 1 aromatic carbocycles. The van der Waals surface area contributed by atoms with E-state index in [9.17, 15) is 14.4 Å². The molecule has 0 saturated carbocycles. The van der Waals surface area contributed by atoms with Gasteiger partial charge in [0, 0.05) is 11.3 Å². The molecule has 1 aliphatic heterocycles. The third kappa shape index (κ3) is 3.90. The molecule has 0 spiro atoms. The number of carbonyl (C=O) groups excluding carboxylic acids is 3. The van der Waals surface area contributed by atoms with Crippen molar-refractivity contribution in [1.29, 1.82) is 0 Å². The van der Waals surface area contributed by atoms with Gasteiger partial charge in [0.2, 0.25) is 5.91 Å². The Morgan fingerprint density at radius 1 is 1.12 bits per heavy atom. The van der Waals surface area contributed by atoms with Gasteiger partial charge >= 0.3 is 0 Å². The summed E-state index contributed by atoms with van der Waals surface area (Å²) in [5.41, 5.74) is 1.02. The van der Waals surface area contributed by atoms with E-state index in [4.69, 9.17) is 0 Å². The van der Waals surface area contributed by atoms with Crippen LogP contribution in [0.4, 0.5) is 16.3 Å². The van der Waals surface area contributed by atoms with E-state index >= 15 is 0 Å². The third-order valence-electron chi connectivity index (χ3n) is 3.30. The van der Waals surface area contributed by atoms with Gasteiger partial charge in [0.25, 0.3) is 11.1 Å². The molecule has 0 bridgehead atoms. The summed E-state index contributed by atoms with van der Waals surface area (Å²) in [5.74, 6) is 0.233. The lowest BCUT2D eigenvalue weighted by Gasteiger charge is -2.10. The fourth-order valence-corrected chi connectivity index (χ4v) is 2.85. The first-order valence-corrected chi connectivity index (χ1v) is 8.17. The van der Waals surface area contributed by atoms with Gasteiger partial charge in [-0.3, -0.25) is 14.4 Å². The number of nitrogens with one attached hydrogen (secondary N) is 3. The normalized spacial score (nSPS) is 16.3. The third-order valence-corrected chi connectivity index (χ3v) is 4.18. The van der Waals surface area contributed by atoms with Gasteiger partial charge in [-0.25, -0.2) is 4.98 Å². The number of aromatic nitrogens is 1. The molecule has 8 heteroatoms. The predicted molar refractivity (Wildman–Crippen MR) is 92.0 cm³/mol. The molecule has 3 rings (SSSR count). The second-order valence-electron chi connectivity index (χ2n) is 5.04. The summed E-state index contributed by atoms with van der Waals surface area (Å²) >= 11 is 1.08. The Morgan fingerprint density at radius 3 is 2.54 bits per heavy atom. The van der Waals surface area contributed by atoms with E-state index in [1.54, 1.807) is 36.4 Å². The molecular weight excluding hydrogens is 328 g/mol. The molecule has 2 heterocycles. The van der Waals surface area contributed by atoms with Gasteiger partial charge in [0.05, 0.1) is 11.9 Å². The second kappa shape index (κ2) is 7.14. The highest BCUT2D eigenvalue weighted by Crippen LogP contribution is 2.16. The van der Waals surface area contributed by atoms with E-state index in [1.165, 1.54) is 6.20 Å². The molecule has 3 N–H and O–H groups in total. The highest BCUT2D eigenvalue weighted by Gasteiger charge is 2.27. The number of anilines is 2. The van der Waals surface area contributed by atoms with Crippen molar-refractivity contribution in [3.63, 3.8) is 0 Å². The minimum absolute atomic E-state index is 0.202. The first-order valence-electron chi connectivity index (χ1n) is 7.18. The quantitative estimate of drug-likeness (QED) is 0.790. The van der Waals surface area contributed by atoms with E-state index in [2.05, 4.69) is 20.9 Å². The zero-order valence-electron chi connectivity index (χ0n) is 12.5. The number of hydrogen-bond donors (Lipinski definition) is 3. The van der Waals surface area contributed by atoms with Gasteiger partial charge in [-0.2, -0.15) is 0 Å². The predicted octanol–water partition coefficient (Wildman–Crippen LogP) is 2.10. The zero-order chi connectivity index (χ0) is 16.9. The van der Waals surface area contributed by atoms with Crippen LogP contribution in [0.5, 0.6) is 0 Å². The molecule has 2 aromatic rings. The van der Waals surface area contributed by atoms with Crippen molar-refractivity contribution in [3.8, 4) is 0 Å². The number of benzene rings is 1. The Bertz CT molecular complexity index is 765. The smallest absolute Gasteiger partial charge is 0.279 e. The molecule has 1 atom stereocenters. The van der Waals surface area contributed by atoms with Gasteiger partial charge in [0.15, 0.2) is 0 Å². The lowest BCUT2D eigenvalue weighted by molar-refractivity contribution is -0.117. The van der Waals surface area contributed by atoms with Crippen LogP contribution in [-0.4, -0.2) is 33.8 Å². The van der Waals surface area contributed by atoms with Crippen LogP contribution in [0.25, 0.3) is 0 Å². The van der Waals surface area contributed by atoms with Crippen LogP contribution in [0, 0.1) is 0 Å². The molecule has 1 aromatic heterocycles. The number of amides is 3. The average molecular weight is 342 g/mol. The molecule has 7 nitrogen and oxygen atoms in total. The van der Waals surface area contributed by atoms with E-state index in [0.29, 0.717) is 22.8 Å². The Kier molecular flexibility index (Phi) is 4.76. The molecule has 0 radical (unpaired) electrons. The van der Waals surface area contributed by atoms with Gasteiger partial charge in [0.1, 0.15) is 11.9 Å². The maximum Gasteiger partial charge on any atom is 0.279 e.